The number of methoxy groups -OCH3 is 1. The van der Waals surface area contributed by atoms with Gasteiger partial charge in [-0.05, 0) is 55.9 Å². The lowest BCUT2D eigenvalue weighted by Crippen LogP contribution is -2.68. The van der Waals surface area contributed by atoms with E-state index < -0.39 is 89.3 Å². The van der Waals surface area contributed by atoms with Gasteiger partial charge in [-0.2, -0.15) is 0 Å². The Morgan fingerprint density at radius 2 is 1.86 bits per heavy atom. The topological polar surface area (TPSA) is 191 Å². The van der Waals surface area contributed by atoms with Gasteiger partial charge in [-0.1, -0.05) is 70.6 Å². The molecule has 3 saturated heterocycles. The second kappa shape index (κ2) is 16.8. The molecule has 1 spiro atoms. The molecule has 0 aromatic carbocycles. The van der Waals surface area contributed by atoms with Crippen molar-refractivity contribution in [1.82, 2.24) is 0 Å². The highest BCUT2D eigenvalue weighted by atomic mass is 16.7. The third-order valence-corrected chi connectivity index (χ3v) is 13.1. The maximum atomic E-state index is 14.3. The Kier molecular flexibility index (Phi) is 12.9. The molecule has 2 bridgehead atoms. The number of rotatable bonds is 7. The summed E-state index contributed by atoms with van der Waals surface area (Å²) in [6, 6.07) is 0. The lowest BCUT2D eigenvalue weighted by atomic mass is 9.71. The number of aliphatic hydroxyl groups is 2. The molecule has 1 aliphatic carbocycles. The van der Waals surface area contributed by atoms with Crippen LogP contribution >= 0.6 is 0 Å². The smallest absolute Gasteiger partial charge is 0.316 e. The van der Waals surface area contributed by atoms with Crippen molar-refractivity contribution in [3.05, 3.63) is 69.4 Å². The molecule has 0 saturated carbocycles. The number of nitro groups is 1. The Morgan fingerprint density at radius 1 is 1.11 bits per heavy atom. The molecule has 14 nitrogen and oxygen atoms in total. The first-order chi connectivity index (χ1) is 26.4. The third-order valence-electron chi connectivity index (χ3n) is 13.1. The van der Waals surface area contributed by atoms with Gasteiger partial charge in [0, 0.05) is 43.1 Å². The molecule has 4 unspecified atom stereocenters. The maximum Gasteiger partial charge on any atom is 0.316 e. The molecule has 5 heterocycles. The molecule has 3 fully saturated rings. The number of allylic oxidation sites excluding steroid dienone is 2. The van der Waals surface area contributed by atoms with E-state index in [4.69, 9.17) is 38.9 Å². The van der Waals surface area contributed by atoms with Crippen molar-refractivity contribution in [2.75, 3.05) is 20.3 Å². The monoisotopic (exact) mass is 786 g/mol. The first-order valence-corrected chi connectivity index (χ1v) is 20.2. The number of ether oxygens (including phenoxy) is 7. The van der Waals surface area contributed by atoms with Crippen molar-refractivity contribution < 1.29 is 53.1 Å². The van der Waals surface area contributed by atoms with Crippen molar-refractivity contribution >= 4 is 5.97 Å². The summed E-state index contributed by atoms with van der Waals surface area (Å²) in [5.41, 5.74) is 5.20. The van der Waals surface area contributed by atoms with E-state index in [0.717, 1.165) is 12.0 Å². The zero-order valence-electron chi connectivity index (χ0n) is 34.0. The number of esters is 1. The van der Waals surface area contributed by atoms with Crippen LogP contribution in [0.15, 0.2) is 59.3 Å². The highest BCUT2D eigenvalue weighted by Gasteiger charge is 2.60. The number of carbonyl (C=O) groups is 1. The minimum atomic E-state index is -1.85. The van der Waals surface area contributed by atoms with E-state index in [1.807, 2.05) is 26.0 Å². The van der Waals surface area contributed by atoms with Crippen LogP contribution in [0.3, 0.4) is 0 Å². The summed E-state index contributed by atoms with van der Waals surface area (Å²) in [7, 11) is 1.48. The van der Waals surface area contributed by atoms with Crippen molar-refractivity contribution in [3.8, 4) is 0 Å². The van der Waals surface area contributed by atoms with Crippen LogP contribution in [0.2, 0.25) is 0 Å². The van der Waals surface area contributed by atoms with Gasteiger partial charge in [0.05, 0.1) is 37.1 Å². The molecule has 0 amide bonds. The highest BCUT2D eigenvalue weighted by Crippen LogP contribution is 2.47. The molecule has 4 N–H and O–H groups in total. The van der Waals surface area contributed by atoms with Gasteiger partial charge < -0.3 is 49.1 Å². The van der Waals surface area contributed by atoms with E-state index in [2.05, 4.69) is 32.9 Å². The normalized spacial score (nSPS) is 45.0. The largest absolute Gasteiger partial charge is 0.462 e. The first-order valence-electron chi connectivity index (χ1n) is 20.2. The van der Waals surface area contributed by atoms with E-state index in [-0.39, 0.29) is 43.3 Å². The Hall–Kier alpha value is -2.79. The predicted octanol–water partition coefficient (Wildman–Crippen LogP) is 4.46. The van der Waals surface area contributed by atoms with E-state index >= 15 is 0 Å². The van der Waals surface area contributed by atoms with Crippen LogP contribution in [0.5, 0.6) is 0 Å². The van der Waals surface area contributed by atoms with Gasteiger partial charge in [-0.15, -0.1) is 0 Å². The van der Waals surface area contributed by atoms with Crippen LogP contribution in [0, 0.1) is 33.8 Å². The summed E-state index contributed by atoms with van der Waals surface area (Å²) < 4.78 is 44.6. The number of carbonyl (C=O) groups excluding carboxylic acids is 1. The van der Waals surface area contributed by atoms with E-state index in [0.29, 0.717) is 24.0 Å². The average Bonchev–Trinajstić information content (AvgIpc) is 3.48. The van der Waals surface area contributed by atoms with Gasteiger partial charge in [0.25, 0.3) is 0 Å². The number of nitrogens with two attached hydrogens (primary N) is 1. The molecule has 6 rings (SSSR count). The Morgan fingerprint density at radius 3 is 2.55 bits per heavy atom. The molecular formula is C42H62N2O12. The molecule has 0 aromatic rings. The molecule has 0 aromatic heterocycles. The molecule has 56 heavy (non-hydrogen) atoms. The second-order valence-electron chi connectivity index (χ2n) is 17.1. The summed E-state index contributed by atoms with van der Waals surface area (Å²) in [5.74, 6) is -2.70. The summed E-state index contributed by atoms with van der Waals surface area (Å²) in [4.78, 5) is 25.4. The van der Waals surface area contributed by atoms with Gasteiger partial charge >= 0.3 is 5.97 Å². The van der Waals surface area contributed by atoms with Crippen LogP contribution in [0.4, 0.5) is 0 Å². The third kappa shape index (κ3) is 8.23. The second-order valence-corrected chi connectivity index (χ2v) is 17.1. The zero-order chi connectivity index (χ0) is 40.7. The van der Waals surface area contributed by atoms with E-state index in [9.17, 15) is 25.1 Å². The maximum absolute atomic E-state index is 14.3. The van der Waals surface area contributed by atoms with Crippen LogP contribution in [-0.2, 0) is 38.0 Å². The van der Waals surface area contributed by atoms with Crippen LogP contribution in [0.1, 0.15) is 80.6 Å². The van der Waals surface area contributed by atoms with Gasteiger partial charge in [0.2, 0.25) is 6.54 Å². The van der Waals surface area contributed by atoms with Crippen molar-refractivity contribution in [2.45, 2.75) is 153 Å². The number of aliphatic hydroxyl groups excluding tert-OH is 1. The average molecular weight is 787 g/mol. The zero-order valence-corrected chi connectivity index (χ0v) is 34.0. The van der Waals surface area contributed by atoms with Crippen molar-refractivity contribution in [3.63, 3.8) is 0 Å². The first kappa shape index (κ1) is 42.8. The molecule has 16 atom stereocenters. The quantitative estimate of drug-likeness (QED) is 0.142. The minimum Gasteiger partial charge on any atom is -0.462 e. The molecule has 6 aliphatic rings. The summed E-state index contributed by atoms with van der Waals surface area (Å²) in [6.07, 6.45) is 9.37. The Labute approximate surface area is 330 Å². The number of nitrogens with zero attached hydrogens (tertiary/aromatic N) is 1. The lowest BCUT2D eigenvalue weighted by molar-refractivity contribution is -0.498. The van der Waals surface area contributed by atoms with Gasteiger partial charge in [0.15, 0.2) is 12.1 Å². The SMILES string of the molecule is CCC(C)[C@H]1O[C@]2(C=C[C@@H]1C)C[C@@H]1C[C@@H](CC=C(C)[C@@H](OC3C[C@H](OC)C(N)(C[N+](=O)[O-])[C@H](C)O3)C(C)C=CC=C3CO[C@@H]4[C@H](O)C(C)=C[C@@H](C(=O)O1)[C@]34O)O2. The predicted molar refractivity (Wildman–Crippen MR) is 205 cm³/mol. The van der Waals surface area contributed by atoms with E-state index in [1.165, 1.54) is 7.11 Å². The number of hydrogen-bond donors (Lipinski definition) is 3. The molecular weight excluding hydrogens is 724 g/mol. The van der Waals surface area contributed by atoms with Crippen LogP contribution in [-0.4, -0.2) is 113 Å². The van der Waals surface area contributed by atoms with Crippen LogP contribution < -0.4 is 5.73 Å². The van der Waals surface area contributed by atoms with Crippen LogP contribution in [0.25, 0.3) is 0 Å². The summed E-state index contributed by atoms with van der Waals surface area (Å²) >= 11 is 0. The number of hydrogen-bond acceptors (Lipinski definition) is 13. The standard InChI is InChI=1S/C42H62N2O12/c1-9-23(2)37-26(5)15-16-40(56-37)20-31-18-30(55-40)14-13-25(4)36(54-34-19-33(50-8)41(43,22-44(48)49)28(7)52-34)24(3)11-10-12-29-21-51-38-35(45)27(6)17-32(39(46)53-31)42(29,38)47/h10-13,15-17,23-24,26,28,30-38,45,47H,9,14,18-22,43H2,1-8H3/t23?,24?,26-,28-,30+,31-,32-,33-,34?,35+,36-,37+,38+,40+,41?,42+/m0/s1. The fourth-order valence-electron chi connectivity index (χ4n) is 9.46. The fourth-order valence-corrected chi connectivity index (χ4v) is 9.46. The molecule has 312 valence electrons. The number of fused-ring (bicyclic) bond motifs is 2. The Balaban J connectivity index is 1.37. The minimum absolute atomic E-state index is 0.00811. The summed E-state index contributed by atoms with van der Waals surface area (Å²) in [5, 5.41) is 35.1. The summed E-state index contributed by atoms with van der Waals surface area (Å²) in [6.45, 7) is 13.3. The van der Waals surface area contributed by atoms with Crippen molar-refractivity contribution in [2.24, 2.45) is 29.4 Å². The van der Waals surface area contributed by atoms with Gasteiger partial charge in [-0.3, -0.25) is 14.9 Å². The molecule has 14 heteroatoms. The molecule has 5 aliphatic heterocycles. The Bertz CT molecular complexity index is 1630. The van der Waals surface area contributed by atoms with E-state index in [1.54, 1.807) is 32.1 Å². The van der Waals surface area contributed by atoms with Crippen molar-refractivity contribution in [1.29, 1.82) is 0 Å². The highest BCUT2D eigenvalue weighted by molar-refractivity contribution is 5.78. The lowest BCUT2D eigenvalue weighted by Gasteiger charge is -2.48. The molecule has 0 radical (unpaired) electrons. The van der Waals surface area contributed by atoms with Gasteiger partial charge in [0.1, 0.15) is 35.4 Å². The fraction of sp³-hybridized carbons (Fsp3) is 0.738. The van der Waals surface area contributed by atoms with Gasteiger partial charge in [-0.25, -0.2) is 0 Å².